The van der Waals surface area contributed by atoms with Gasteiger partial charge in [0, 0.05) is 0 Å². The molecule has 2 nitrogen and oxygen atoms in total. The fourth-order valence-corrected chi connectivity index (χ4v) is 3.08. The molecule has 0 aliphatic heterocycles. The van der Waals surface area contributed by atoms with Gasteiger partial charge in [-0.3, -0.25) is 0 Å². The minimum absolute atomic E-state index is 0.263. The van der Waals surface area contributed by atoms with Crippen molar-refractivity contribution < 1.29 is 0 Å². The van der Waals surface area contributed by atoms with Crippen LogP contribution in [-0.2, 0) is 0 Å². The first-order valence-corrected chi connectivity index (χ1v) is 6.35. The van der Waals surface area contributed by atoms with Crippen molar-refractivity contribution in [3.8, 4) is 0 Å². The van der Waals surface area contributed by atoms with E-state index in [1.165, 1.54) is 8.92 Å². The molecule has 0 heterocycles. The second kappa shape index (κ2) is 4.39. The van der Waals surface area contributed by atoms with Crippen LogP contribution in [0.1, 0.15) is 0 Å². The first kappa shape index (κ1) is 10.1. The van der Waals surface area contributed by atoms with Crippen LogP contribution >= 0.6 is 0 Å². The zero-order valence-corrected chi connectivity index (χ0v) is 9.89. The van der Waals surface area contributed by atoms with Crippen LogP contribution in [0.2, 0.25) is 0 Å². The number of anilines is 2. The van der Waals surface area contributed by atoms with Gasteiger partial charge in [0.1, 0.15) is 0 Å². The summed E-state index contributed by atoms with van der Waals surface area (Å²) in [6.45, 7) is 0. The molecule has 0 atom stereocenters. The van der Waals surface area contributed by atoms with Crippen molar-refractivity contribution in [2.75, 3.05) is 11.5 Å². The van der Waals surface area contributed by atoms with E-state index in [4.69, 9.17) is 11.5 Å². The van der Waals surface area contributed by atoms with E-state index in [0.717, 1.165) is 11.4 Å². The van der Waals surface area contributed by atoms with Crippen LogP contribution < -0.4 is 20.4 Å². The van der Waals surface area contributed by atoms with Crippen LogP contribution in [0.15, 0.2) is 48.5 Å². The molecule has 0 fully saturated rings. The van der Waals surface area contributed by atoms with Gasteiger partial charge in [-0.05, 0) is 0 Å². The van der Waals surface area contributed by atoms with Crippen LogP contribution in [0.5, 0.6) is 0 Å². The molecule has 0 aliphatic rings. The van der Waals surface area contributed by atoms with Gasteiger partial charge in [0.15, 0.2) is 0 Å². The topological polar surface area (TPSA) is 52.0 Å². The third-order valence-corrected chi connectivity index (χ3v) is 4.31. The van der Waals surface area contributed by atoms with E-state index >= 15 is 0 Å². The molecule has 0 amide bonds. The number of hydrogen-bond acceptors (Lipinski definition) is 2. The van der Waals surface area contributed by atoms with Crippen molar-refractivity contribution in [1.29, 1.82) is 0 Å². The standard InChI is InChI=1S/C12H12N2Se/c13-9-6-7-12(11(14)8-9)15-10-4-2-1-3-5-10/h1-8H,13-14H2. The molecular formula is C12H12N2Se. The average molecular weight is 263 g/mol. The van der Waals surface area contributed by atoms with Gasteiger partial charge in [0.05, 0.1) is 0 Å². The molecule has 2 aromatic rings. The van der Waals surface area contributed by atoms with Gasteiger partial charge in [-0.15, -0.1) is 0 Å². The summed E-state index contributed by atoms with van der Waals surface area (Å²) in [4.78, 5) is 0. The predicted molar refractivity (Wildman–Crippen MR) is 66.7 cm³/mol. The Morgan fingerprint density at radius 1 is 0.867 bits per heavy atom. The molecular weight excluding hydrogens is 251 g/mol. The molecule has 0 unspecified atom stereocenters. The first-order chi connectivity index (χ1) is 7.25. The number of benzene rings is 2. The van der Waals surface area contributed by atoms with Crippen molar-refractivity contribution in [3.05, 3.63) is 48.5 Å². The third kappa shape index (κ3) is 2.52. The molecule has 0 aliphatic carbocycles. The molecule has 0 radical (unpaired) electrons. The van der Waals surface area contributed by atoms with E-state index in [1.807, 2.05) is 36.4 Å². The van der Waals surface area contributed by atoms with Crippen molar-refractivity contribution in [3.63, 3.8) is 0 Å². The van der Waals surface area contributed by atoms with Gasteiger partial charge in [-0.25, -0.2) is 0 Å². The van der Waals surface area contributed by atoms with Crippen LogP contribution in [-0.4, -0.2) is 15.0 Å². The van der Waals surface area contributed by atoms with Gasteiger partial charge >= 0.3 is 95.3 Å². The monoisotopic (exact) mass is 264 g/mol. The second-order valence-corrected chi connectivity index (χ2v) is 5.55. The molecule has 0 aromatic heterocycles. The molecule has 0 bridgehead atoms. The van der Waals surface area contributed by atoms with Gasteiger partial charge < -0.3 is 0 Å². The van der Waals surface area contributed by atoms with Crippen molar-refractivity contribution in [2.45, 2.75) is 0 Å². The van der Waals surface area contributed by atoms with Crippen LogP contribution in [0.4, 0.5) is 11.4 Å². The quantitative estimate of drug-likeness (QED) is 0.612. The fraction of sp³-hybridized carbons (Fsp3) is 0. The Morgan fingerprint density at radius 3 is 2.27 bits per heavy atom. The van der Waals surface area contributed by atoms with Crippen molar-refractivity contribution >= 4 is 35.3 Å². The van der Waals surface area contributed by atoms with Gasteiger partial charge in [-0.1, -0.05) is 0 Å². The summed E-state index contributed by atoms with van der Waals surface area (Å²) in [6.07, 6.45) is 0. The number of nitrogen functional groups attached to an aromatic ring is 2. The van der Waals surface area contributed by atoms with Crippen LogP contribution in [0, 0.1) is 0 Å². The summed E-state index contributed by atoms with van der Waals surface area (Å²) in [5.41, 5.74) is 13.1. The summed E-state index contributed by atoms with van der Waals surface area (Å²) in [6, 6.07) is 16.1. The van der Waals surface area contributed by atoms with Gasteiger partial charge in [-0.2, -0.15) is 0 Å². The molecule has 15 heavy (non-hydrogen) atoms. The molecule has 0 spiro atoms. The zero-order valence-electron chi connectivity index (χ0n) is 8.18. The predicted octanol–water partition coefficient (Wildman–Crippen LogP) is 0.506. The number of nitrogens with two attached hydrogens (primary N) is 2. The minimum atomic E-state index is 0.263. The van der Waals surface area contributed by atoms with E-state index in [2.05, 4.69) is 12.1 Å². The normalized spacial score (nSPS) is 10.1. The van der Waals surface area contributed by atoms with Crippen molar-refractivity contribution in [1.82, 2.24) is 0 Å². The second-order valence-electron chi connectivity index (χ2n) is 3.21. The van der Waals surface area contributed by atoms with E-state index in [0.29, 0.717) is 0 Å². The Hall–Kier alpha value is -1.44. The summed E-state index contributed by atoms with van der Waals surface area (Å²) in [7, 11) is 0. The SMILES string of the molecule is Nc1ccc([Se]c2ccccc2)c(N)c1. The Morgan fingerprint density at radius 2 is 1.60 bits per heavy atom. The van der Waals surface area contributed by atoms with Gasteiger partial charge in [0.25, 0.3) is 0 Å². The van der Waals surface area contributed by atoms with E-state index in [9.17, 15) is 0 Å². The van der Waals surface area contributed by atoms with Crippen LogP contribution in [0.25, 0.3) is 0 Å². The van der Waals surface area contributed by atoms with Gasteiger partial charge in [0.2, 0.25) is 0 Å². The molecule has 2 rings (SSSR count). The summed E-state index contributed by atoms with van der Waals surface area (Å²) in [5, 5.41) is 0. The summed E-state index contributed by atoms with van der Waals surface area (Å²) in [5.74, 6) is 0. The fourth-order valence-electron chi connectivity index (χ4n) is 1.28. The van der Waals surface area contributed by atoms with E-state index < -0.39 is 0 Å². The van der Waals surface area contributed by atoms with Crippen molar-refractivity contribution in [2.24, 2.45) is 0 Å². The Balaban J connectivity index is 2.25. The third-order valence-electron chi connectivity index (χ3n) is 2.00. The Kier molecular flexibility index (Phi) is 2.95. The molecule has 4 N–H and O–H groups in total. The number of hydrogen-bond donors (Lipinski definition) is 2. The molecule has 76 valence electrons. The Bertz CT molecular complexity index is 454. The molecule has 3 heteroatoms. The Labute approximate surface area is 95.4 Å². The maximum absolute atomic E-state index is 5.90. The summed E-state index contributed by atoms with van der Waals surface area (Å²) >= 11 is 0.263. The first-order valence-electron chi connectivity index (χ1n) is 4.63. The van der Waals surface area contributed by atoms with E-state index in [-0.39, 0.29) is 15.0 Å². The number of rotatable bonds is 2. The molecule has 0 saturated carbocycles. The molecule has 2 aromatic carbocycles. The average Bonchev–Trinajstić information content (AvgIpc) is 2.24. The molecule has 0 saturated heterocycles. The van der Waals surface area contributed by atoms with E-state index in [1.54, 1.807) is 0 Å². The maximum atomic E-state index is 5.90. The zero-order chi connectivity index (χ0) is 10.7. The van der Waals surface area contributed by atoms with Crippen LogP contribution in [0.3, 0.4) is 0 Å². The summed E-state index contributed by atoms with van der Waals surface area (Å²) < 4.78 is 2.50.